The first-order valence-corrected chi connectivity index (χ1v) is 7.93. The predicted octanol–water partition coefficient (Wildman–Crippen LogP) is 1.15. The number of hydrogen-bond acceptors (Lipinski definition) is 4. The molecule has 2 aliphatic heterocycles. The van der Waals surface area contributed by atoms with Crippen molar-refractivity contribution < 1.29 is 9.29 Å². The lowest BCUT2D eigenvalue weighted by molar-refractivity contribution is 0.0854. The second kappa shape index (κ2) is 5.29. The third-order valence-electron chi connectivity index (χ3n) is 4.20. The summed E-state index contributed by atoms with van der Waals surface area (Å²) in [5, 5.41) is 0. The van der Waals surface area contributed by atoms with Crippen molar-refractivity contribution in [3.63, 3.8) is 0 Å². The molecule has 0 unspecified atom stereocenters. The number of likely N-dealkylation sites (tertiary alicyclic amines) is 1. The van der Waals surface area contributed by atoms with E-state index in [4.69, 9.17) is 4.74 Å². The fourth-order valence-corrected chi connectivity index (χ4v) is 3.61. The van der Waals surface area contributed by atoms with Crippen molar-refractivity contribution in [3.8, 4) is 0 Å². The Hall–Kier alpha value is 0.190. The fourth-order valence-electron chi connectivity index (χ4n) is 2.68. The minimum absolute atomic E-state index is 0.202. The lowest BCUT2D eigenvalue weighted by atomic mass is 9.75. The molecule has 18 heavy (non-hydrogen) atoms. The van der Waals surface area contributed by atoms with Gasteiger partial charge in [0.25, 0.3) is 0 Å². The molecule has 2 heterocycles. The summed E-state index contributed by atoms with van der Waals surface area (Å²) in [5.41, 5.74) is 0.202. The van der Waals surface area contributed by atoms with Gasteiger partial charge in [-0.3, -0.25) is 0 Å². The Morgan fingerprint density at radius 2 is 1.94 bits per heavy atom. The van der Waals surface area contributed by atoms with Gasteiger partial charge in [0.05, 0.1) is 19.3 Å². The summed E-state index contributed by atoms with van der Waals surface area (Å²) in [5.74, 6) is 0. The minimum Gasteiger partial charge on any atom is -0.598 e. The summed E-state index contributed by atoms with van der Waals surface area (Å²) in [6.45, 7) is 9.77. The first-order chi connectivity index (χ1) is 8.33. The van der Waals surface area contributed by atoms with Crippen LogP contribution in [0.5, 0.6) is 0 Å². The van der Waals surface area contributed by atoms with Gasteiger partial charge >= 0.3 is 0 Å². The van der Waals surface area contributed by atoms with Crippen LogP contribution in [0.4, 0.5) is 0 Å². The van der Waals surface area contributed by atoms with Gasteiger partial charge in [-0.05, 0) is 53.8 Å². The number of rotatable bonds is 2. The Kier molecular flexibility index (Phi) is 4.29. The normalized spacial score (nSPS) is 30.8. The van der Waals surface area contributed by atoms with Crippen LogP contribution in [0.1, 0.15) is 33.6 Å². The molecule has 0 aliphatic carbocycles. The van der Waals surface area contributed by atoms with Crippen molar-refractivity contribution in [2.75, 3.05) is 33.4 Å². The Balaban J connectivity index is 1.99. The second-order valence-electron chi connectivity index (χ2n) is 6.73. The number of hydrogen-bond donors (Lipinski definition) is 1. The highest BCUT2D eigenvalue weighted by Crippen LogP contribution is 2.39. The van der Waals surface area contributed by atoms with Gasteiger partial charge in [0, 0.05) is 16.8 Å². The van der Waals surface area contributed by atoms with Crippen molar-refractivity contribution in [3.05, 3.63) is 0 Å². The van der Waals surface area contributed by atoms with Gasteiger partial charge < -0.3 is 14.2 Å². The van der Waals surface area contributed by atoms with E-state index >= 15 is 0 Å². The van der Waals surface area contributed by atoms with Crippen molar-refractivity contribution in [2.45, 2.75) is 44.4 Å². The standard InChI is InChI=1S/C13H26N2O2S/c1-12(2,3)18(16)14-11-9-17-10-13(11)5-7-15(4)8-6-13/h11,14H,5-10H2,1-4H3/t11-,18-/m1/s1. The van der Waals surface area contributed by atoms with Crippen LogP contribution < -0.4 is 4.72 Å². The Morgan fingerprint density at radius 1 is 1.33 bits per heavy atom. The maximum absolute atomic E-state index is 12.2. The van der Waals surface area contributed by atoms with Crippen LogP contribution in [-0.4, -0.2) is 53.6 Å². The zero-order valence-corrected chi connectivity index (χ0v) is 12.8. The maximum Gasteiger partial charge on any atom is 0.136 e. The third kappa shape index (κ3) is 3.02. The molecular weight excluding hydrogens is 248 g/mol. The summed E-state index contributed by atoms with van der Waals surface area (Å²) in [7, 11) is 2.17. The van der Waals surface area contributed by atoms with Crippen LogP contribution in [0, 0.1) is 5.41 Å². The van der Waals surface area contributed by atoms with Crippen LogP contribution in [0.3, 0.4) is 0 Å². The quantitative estimate of drug-likeness (QED) is 0.767. The summed E-state index contributed by atoms with van der Waals surface area (Å²) >= 11 is -1.01. The van der Waals surface area contributed by atoms with Crippen molar-refractivity contribution in [1.29, 1.82) is 0 Å². The highest BCUT2D eigenvalue weighted by molar-refractivity contribution is 7.90. The van der Waals surface area contributed by atoms with Gasteiger partial charge in [-0.15, -0.1) is 4.72 Å². The molecule has 1 spiro atoms. The SMILES string of the molecule is CN1CCC2(CC1)COC[C@H]2N[S@+]([O-])C(C)(C)C. The van der Waals surface area contributed by atoms with Crippen LogP contribution in [-0.2, 0) is 16.1 Å². The molecule has 2 aliphatic rings. The van der Waals surface area contributed by atoms with Crippen molar-refractivity contribution in [1.82, 2.24) is 9.62 Å². The number of piperidine rings is 1. The molecular formula is C13H26N2O2S. The van der Waals surface area contributed by atoms with Gasteiger partial charge in [-0.2, -0.15) is 0 Å². The Labute approximate surface area is 114 Å². The third-order valence-corrected chi connectivity index (χ3v) is 5.81. The van der Waals surface area contributed by atoms with E-state index < -0.39 is 11.4 Å². The molecule has 5 heteroatoms. The zero-order chi connectivity index (χ0) is 13.4. The van der Waals surface area contributed by atoms with Crippen LogP contribution >= 0.6 is 0 Å². The molecule has 0 aromatic heterocycles. The largest absolute Gasteiger partial charge is 0.598 e. The van der Waals surface area contributed by atoms with Gasteiger partial charge in [0.1, 0.15) is 4.75 Å². The highest BCUT2D eigenvalue weighted by Gasteiger charge is 2.48. The van der Waals surface area contributed by atoms with Crippen LogP contribution in [0.2, 0.25) is 0 Å². The molecule has 2 atom stereocenters. The second-order valence-corrected chi connectivity index (χ2v) is 8.73. The Morgan fingerprint density at radius 3 is 2.50 bits per heavy atom. The molecule has 4 nitrogen and oxygen atoms in total. The first-order valence-electron chi connectivity index (χ1n) is 6.78. The van der Waals surface area contributed by atoms with E-state index in [0.717, 1.165) is 32.5 Å². The molecule has 0 aromatic carbocycles. The summed E-state index contributed by atoms with van der Waals surface area (Å²) in [6, 6.07) is 0.242. The van der Waals surface area contributed by atoms with Gasteiger partial charge in [0.15, 0.2) is 0 Å². The summed E-state index contributed by atoms with van der Waals surface area (Å²) in [6.07, 6.45) is 2.28. The van der Waals surface area contributed by atoms with E-state index in [0.29, 0.717) is 6.61 Å². The lowest BCUT2D eigenvalue weighted by Gasteiger charge is -2.41. The molecule has 0 saturated carbocycles. The van der Waals surface area contributed by atoms with E-state index in [1.807, 2.05) is 20.8 Å². The maximum atomic E-state index is 12.2. The average molecular weight is 274 g/mol. The van der Waals surface area contributed by atoms with E-state index in [2.05, 4.69) is 16.7 Å². The molecule has 106 valence electrons. The zero-order valence-electron chi connectivity index (χ0n) is 12.0. The smallest absolute Gasteiger partial charge is 0.136 e. The topological polar surface area (TPSA) is 47.6 Å². The fraction of sp³-hybridized carbons (Fsp3) is 1.00. The monoisotopic (exact) mass is 274 g/mol. The van der Waals surface area contributed by atoms with Gasteiger partial charge in [-0.1, -0.05) is 0 Å². The molecule has 0 amide bonds. The van der Waals surface area contributed by atoms with Crippen molar-refractivity contribution in [2.24, 2.45) is 5.41 Å². The molecule has 2 rings (SSSR count). The van der Waals surface area contributed by atoms with Gasteiger partial charge in [-0.25, -0.2) is 0 Å². The molecule has 0 radical (unpaired) electrons. The molecule has 0 bridgehead atoms. The summed E-state index contributed by atoms with van der Waals surface area (Å²) in [4.78, 5) is 2.36. The number of ether oxygens (including phenoxy) is 1. The minimum atomic E-state index is -1.01. The van der Waals surface area contributed by atoms with Gasteiger partial charge in [0.2, 0.25) is 0 Å². The lowest BCUT2D eigenvalue weighted by Crippen LogP contribution is -2.54. The number of nitrogens with one attached hydrogen (secondary N) is 1. The average Bonchev–Trinajstić information content (AvgIpc) is 2.65. The molecule has 1 N–H and O–H groups in total. The predicted molar refractivity (Wildman–Crippen MR) is 74.8 cm³/mol. The first kappa shape index (κ1) is 14.6. The van der Waals surface area contributed by atoms with E-state index in [-0.39, 0.29) is 16.2 Å². The number of nitrogens with zero attached hydrogens (tertiary/aromatic N) is 1. The summed E-state index contributed by atoms with van der Waals surface area (Å²) < 4.78 is 21.0. The van der Waals surface area contributed by atoms with Crippen LogP contribution in [0.25, 0.3) is 0 Å². The molecule has 2 saturated heterocycles. The molecule has 2 fully saturated rings. The van der Waals surface area contributed by atoms with E-state index in [9.17, 15) is 4.55 Å². The van der Waals surface area contributed by atoms with Crippen LogP contribution in [0.15, 0.2) is 0 Å². The van der Waals surface area contributed by atoms with E-state index in [1.54, 1.807) is 0 Å². The highest BCUT2D eigenvalue weighted by atomic mass is 32.2. The van der Waals surface area contributed by atoms with Crippen molar-refractivity contribution >= 4 is 11.4 Å². The van der Waals surface area contributed by atoms with E-state index in [1.165, 1.54) is 0 Å². The molecule has 0 aromatic rings. The Bertz CT molecular complexity index is 285.